The summed E-state index contributed by atoms with van der Waals surface area (Å²) in [4.78, 5) is 6.63. The van der Waals surface area contributed by atoms with E-state index >= 15 is 0 Å². The van der Waals surface area contributed by atoms with Crippen molar-refractivity contribution in [2.24, 2.45) is 0 Å². The van der Waals surface area contributed by atoms with Crippen LogP contribution in [0.4, 0.5) is 5.82 Å². The van der Waals surface area contributed by atoms with Crippen LogP contribution in [-0.4, -0.2) is 31.3 Å². The predicted molar refractivity (Wildman–Crippen MR) is 71.1 cm³/mol. The fourth-order valence-corrected chi connectivity index (χ4v) is 1.67. The molecule has 0 amide bonds. The van der Waals surface area contributed by atoms with Crippen LogP contribution < -0.4 is 4.90 Å². The van der Waals surface area contributed by atoms with Crippen molar-refractivity contribution >= 4 is 21.7 Å². The first-order chi connectivity index (χ1) is 7.69. The Balaban J connectivity index is 2.67. The summed E-state index contributed by atoms with van der Waals surface area (Å²) < 4.78 is 6.42. The molecule has 3 nitrogen and oxygen atoms in total. The maximum Gasteiger partial charge on any atom is 0.128 e. The molecule has 16 heavy (non-hydrogen) atoms. The highest BCUT2D eigenvalue weighted by atomic mass is 79.9. The molecule has 0 saturated carbocycles. The fourth-order valence-electron chi connectivity index (χ4n) is 1.45. The van der Waals surface area contributed by atoms with Gasteiger partial charge in [0.15, 0.2) is 0 Å². The van der Waals surface area contributed by atoms with E-state index in [2.05, 4.69) is 45.7 Å². The van der Waals surface area contributed by atoms with Crippen molar-refractivity contribution in [1.82, 2.24) is 4.98 Å². The molecule has 0 atom stereocenters. The van der Waals surface area contributed by atoms with Crippen molar-refractivity contribution in [1.29, 1.82) is 0 Å². The number of rotatable bonds is 6. The van der Waals surface area contributed by atoms with Crippen LogP contribution in [0.3, 0.4) is 0 Å². The number of aryl methyl sites for hydroxylation is 1. The standard InChI is InChI=1S/C12H19BrN2O/c1-4-15(6-7-16-5-2)12-8-10(3)11(13)9-14-12/h8-9H,4-7H2,1-3H3. The first-order valence-electron chi connectivity index (χ1n) is 5.63. The summed E-state index contributed by atoms with van der Waals surface area (Å²) >= 11 is 3.46. The zero-order valence-corrected chi connectivity index (χ0v) is 11.7. The molecular formula is C12H19BrN2O. The molecule has 0 N–H and O–H groups in total. The van der Waals surface area contributed by atoms with Gasteiger partial charge in [-0.1, -0.05) is 0 Å². The highest BCUT2D eigenvalue weighted by molar-refractivity contribution is 9.10. The summed E-state index contributed by atoms with van der Waals surface area (Å²) in [6.07, 6.45) is 1.86. The average Bonchev–Trinajstić information content (AvgIpc) is 2.29. The minimum absolute atomic E-state index is 0.751. The number of hydrogen-bond donors (Lipinski definition) is 0. The van der Waals surface area contributed by atoms with Crippen LogP contribution in [0, 0.1) is 6.92 Å². The Labute approximate surface area is 106 Å². The highest BCUT2D eigenvalue weighted by Crippen LogP contribution is 2.19. The van der Waals surface area contributed by atoms with Gasteiger partial charge in [-0.3, -0.25) is 0 Å². The Kier molecular flexibility index (Phi) is 5.77. The lowest BCUT2D eigenvalue weighted by Crippen LogP contribution is -2.28. The second-order valence-electron chi connectivity index (χ2n) is 3.57. The molecule has 0 fully saturated rings. The maximum atomic E-state index is 5.36. The van der Waals surface area contributed by atoms with Gasteiger partial charge < -0.3 is 9.64 Å². The van der Waals surface area contributed by atoms with E-state index in [-0.39, 0.29) is 0 Å². The van der Waals surface area contributed by atoms with E-state index in [0.717, 1.165) is 36.6 Å². The zero-order valence-electron chi connectivity index (χ0n) is 10.2. The van der Waals surface area contributed by atoms with Crippen molar-refractivity contribution < 1.29 is 4.74 Å². The molecule has 4 heteroatoms. The normalized spacial score (nSPS) is 10.5. The van der Waals surface area contributed by atoms with Gasteiger partial charge in [-0.05, 0) is 48.3 Å². The summed E-state index contributed by atoms with van der Waals surface area (Å²) in [6, 6.07) is 2.10. The van der Waals surface area contributed by atoms with Gasteiger partial charge in [0.1, 0.15) is 5.82 Å². The Morgan fingerprint density at radius 3 is 2.75 bits per heavy atom. The number of ether oxygens (including phenoxy) is 1. The molecule has 0 saturated heterocycles. The van der Waals surface area contributed by atoms with Gasteiger partial charge in [0.2, 0.25) is 0 Å². The van der Waals surface area contributed by atoms with Crippen LogP contribution in [0.25, 0.3) is 0 Å². The van der Waals surface area contributed by atoms with Crippen LogP contribution in [-0.2, 0) is 4.74 Å². The largest absolute Gasteiger partial charge is 0.380 e. The van der Waals surface area contributed by atoms with Crippen LogP contribution in [0.1, 0.15) is 19.4 Å². The third-order valence-electron chi connectivity index (χ3n) is 2.45. The minimum atomic E-state index is 0.751. The molecule has 1 rings (SSSR count). The summed E-state index contributed by atoms with van der Waals surface area (Å²) in [5.41, 5.74) is 1.21. The Morgan fingerprint density at radius 1 is 1.44 bits per heavy atom. The monoisotopic (exact) mass is 286 g/mol. The summed E-state index contributed by atoms with van der Waals surface area (Å²) in [5, 5.41) is 0. The van der Waals surface area contributed by atoms with Gasteiger partial charge in [-0.15, -0.1) is 0 Å². The van der Waals surface area contributed by atoms with Crippen molar-refractivity contribution in [3.63, 3.8) is 0 Å². The highest BCUT2D eigenvalue weighted by Gasteiger charge is 2.06. The van der Waals surface area contributed by atoms with E-state index in [1.54, 1.807) is 0 Å². The van der Waals surface area contributed by atoms with Gasteiger partial charge in [-0.2, -0.15) is 0 Å². The van der Waals surface area contributed by atoms with Crippen molar-refractivity contribution in [3.8, 4) is 0 Å². The predicted octanol–water partition coefficient (Wildman–Crippen LogP) is 3.02. The SMILES string of the molecule is CCOCCN(CC)c1cc(C)c(Br)cn1. The zero-order chi connectivity index (χ0) is 12.0. The van der Waals surface area contributed by atoms with Gasteiger partial charge in [0.25, 0.3) is 0 Å². The average molecular weight is 287 g/mol. The van der Waals surface area contributed by atoms with E-state index in [9.17, 15) is 0 Å². The second kappa shape index (κ2) is 6.86. The Morgan fingerprint density at radius 2 is 2.19 bits per heavy atom. The third kappa shape index (κ3) is 3.76. The van der Waals surface area contributed by atoms with E-state index in [4.69, 9.17) is 4.74 Å². The van der Waals surface area contributed by atoms with Crippen LogP contribution in [0.2, 0.25) is 0 Å². The van der Waals surface area contributed by atoms with Crippen LogP contribution in [0.5, 0.6) is 0 Å². The molecule has 0 aliphatic heterocycles. The first-order valence-corrected chi connectivity index (χ1v) is 6.43. The molecular weight excluding hydrogens is 268 g/mol. The minimum Gasteiger partial charge on any atom is -0.380 e. The topological polar surface area (TPSA) is 25.4 Å². The smallest absolute Gasteiger partial charge is 0.128 e. The second-order valence-corrected chi connectivity index (χ2v) is 4.42. The molecule has 1 heterocycles. The van der Waals surface area contributed by atoms with Gasteiger partial charge in [0, 0.05) is 30.4 Å². The van der Waals surface area contributed by atoms with Crippen LogP contribution >= 0.6 is 15.9 Å². The van der Waals surface area contributed by atoms with Gasteiger partial charge in [0.05, 0.1) is 6.61 Å². The number of hydrogen-bond acceptors (Lipinski definition) is 3. The van der Waals surface area contributed by atoms with Gasteiger partial charge >= 0.3 is 0 Å². The van der Waals surface area contributed by atoms with Crippen LogP contribution in [0.15, 0.2) is 16.7 Å². The number of halogens is 1. The van der Waals surface area contributed by atoms with E-state index in [0.29, 0.717) is 0 Å². The van der Waals surface area contributed by atoms with E-state index in [1.807, 2.05) is 13.1 Å². The molecule has 0 aromatic carbocycles. The van der Waals surface area contributed by atoms with Crippen molar-refractivity contribution in [3.05, 3.63) is 22.3 Å². The molecule has 0 aliphatic rings. The molecule has 90 valence electrons. The number of likely N-dealkylation sites (N-methyl/N-ethyl adjacent to an activating group) is 1. The number of nitrogens with zero attached hydrogens (tertiary/aromatic N) is 2. The lowest BCUT2D eigenvalue weighted by atomic mass is 10.3. The van der Waals surface area contributed by atoms with Crippen molar-refractivity contribution in [2.75, 3.05) is 31.2 Å². The quantitative estimate of drug-likeness (QED) is 0.752. The summed E-state index contributed by atoms with van der Waals surface area (Å²) in [5.74, 6) is 1.02. The van der Waals surface area contributed by atoms with Crippen molar-refractivity contribution in [2.45, 2.75) is 20.8 Å². The Bertz CT molecular complexity index is 331. The molecule has 0 aliphatic carbocycles. The molecule has 0 radical (unpaired) electrons. The molecule has 0 bridgehead atoms. The first kappa shape index (κ1) is 13.5. The Hall–Kier alpha value is -0.610. The number of aromatic nitrogens is 1. The summed E-state index contributed by atoms with van der Waals surface area (Å²) in [7, 11) is 0. The lowest BCUT2D eigenvalue weighted by Gasteiger charge is -2.22. The fraction of sp³-hybridized carbons (Fsp3) is 0.583. The number of anilines is 1. The molecule has 0 spiro atoms. The molecule has 0 unspecified atom stereocenters. The molecule has 1 aromatic heterocycles. The molecule has 1 aromatic rings. The van der Waals surface area contributed by atoms with E-state index < -0.39 is 0 Å². The van der Waals surface area contributed by atoms with E-state index in [1.165, 1.54) is 5.56 Å². The lowest BCUT2D eigenvalue weighted by molar-refractivity contribution is 0.154. The number of pyridine rings is 1. The summed E-state index contributed by atoms with van der Waals surface area (Å²) in [6.45, 7) is 9.57. The van der Waals surface area contributed by atoms with Gasteiger partial charge in [-0.25, -0.2) is 4.98 Å². The third-order valence-corrected chi connectivity index (χ3v) is 3.28. The maximum absolute atomic E-state index is 5.36.